The number of nitrogen functional groups attached to an aromatic ring is 1. The number of aromatic amines is 1. The number of hydrogen-bond donors (Lipinski definition) is 3. The lowest BCUT2D eigenvalue weighted by atomic mass is 9.95. The van der Waals surface area contributed by atoms with E-state index in [1.54, 1.807) is 6.07 Å². The molecule has 2 aliphatic heterocycles. The lowest BCUT2D eigenvalue weighted by molar-refractivity contribution is 0.0643. The summed E-state index contributed by atoms with van der Waals surface area (Å²) in [6.07, 6.45) is 5.97. The number of urea groups is 1. The minimum Gasteiger partial charge on any atom is -0.384 e. The molecule has 1 unspecified atom stereocenters. The molecule has 1 aromatic heterocycles. The van der Waals surface area contributed by atoms with Gasteiger partial charge in [-0.1, -0.05) is 42.5 Å². The van der Waals surface area contributed by atoms with Crippen molar-refractivity contribution in [1.29, 1.82) is 5.41 Å². The SMILES string of the molecule is N=C(N)c1cccc(N2CC(COCc3ccccc3)CN(CC3CCN(Cc4cn[nH]c4)CC3)C2=O)c1. The average molecular weight is 516 g/mol. The highest BCUT2D eigenvalue weighted by Crippen LogP contribution is 2.27. The van der Waals surface area contributed by atoms with E-state index in [9.17, 15) is 4.79 Å². The number of hydrogen-bond acceptors (Lipinski definition) is 5. The summed E-state index contributed by atoms with van der Waals surface area (Å²) >= 11 is 0. The van der Waals surface area contributed by atoms with Gasteiger partial charge >= 0.3 is 6.03 Å². The number of ether oxygens (including phenoxy) is 1. The maximum Gasteiger partial charge on any atom is 0.324 e. The van der Waals surface area contributed by atoms with E-state index < -0.39 is 0 Å². The van der Waals surface area contributed by atoms with E-state index in [2.05, 4.69) is 27.2 Å². The van der Waals surface area contributed by atoms with E-state index in [1.807, 2.05) is 58.6 Å². The smallest absolute Gasteiger partial charge is 0.324 e. The molecule has 0 spiro atoms. The molecule has 3 heterocycles. The summed E-state index contributed by atoms with van der Waals surface area (Å²) in [5, 5.41) is 14.8. The van der Waals surface area contributed by atoms with Crippen LogP contribution < -0.4 is 10.6 Å². The molecule has 0 saturated carbocycles. The molecule has 0 bridgehead atoms. The van der Waals surface area contributed by atoms with Gasteiger partial charge < -0.3 is 15.4 Å². The maximum atomic E-state index is 13.7. The molecule has 4 N–H and O–H groups in total. The molecule has 0 aliphatic carbocycles. The van der Waals surface area contributed by atoms with E-state index in [-0.39, 0.29) is 17.8 Å². The summed E-state index contributed by atoms with van der Waals surface area (Å²) in [5.74, 6) is 0.644. The molecule has 0 radical (unpaired) electrons. The number of likely N-dealkylation sites (tertiary alicyclic amines) is 1. The zero-order valence-corrected chi connectivity index (χ0v) is 21.8. The molecule has 2 saturated heterocycles. The van der Waals surface area contributed by atoms with Crippen LogP contribution in [0.1, 0.15) is 29.5 Å². The summed E-state index contributed by atoms with van der Waals surface area (Å²) < 4.78 is 6.11. The number of nitrogens with zero attached hydrogens (tertiary/aromatic N) is 4. The van der Waals surface area contributed by atoms with Crippen LogP contribution in [-0.4, -0.2) is 71.2 Å². The molecule has 9 nitrogen and oxygen atoms in total. The summed E-state index contributed by atoms with van der Waals surface area (Å²) in [6.45, 7) is 6.09. The number of piperidine rings is 1. The second-order valence-corrected chi connectivity index (χ2v) is 10.5. The number of aromatic nitrogens is 2. The van der Waals surface area contributed by atoms with Crippen LogP contribution in [-0.2, 0) is 17.9 Å². The predicted molar refractivity (Wildman–Crippen MR) is 148 cm³/mol. The first kappa shape index (κ1) is 25.9. The second-order valence-electron chi connectivity index (χ2n) is 10.5. The monoisotopic (exact) mass is 515 g/mol. The Balaban J connectivity index is 1.24. The summed E-state index contributed by atoms with van der Waals surface area (Å²) in [7, 11) is 0. The maximum absolute atomic E-state index is 13.7. The fraction of sp³-hybridized carbons (Fsp3) is 0.414. The van der Waals surface area contributed by atoms with E-state index in [1.165, 1.54) is 5.56 Å². The highest BCUT2D eigenvalue weighted by molar-refractivity contribution is 5.98. The molecule has 2 aromatic carbocycles. The molecule has 3 aromatic rings. The Bertz CT molecular complexity index is 1190. The number of carbonyl (C=O) groups is 1. The Morgan fingerprint density at radius 2 is 1.87 bits per heavy atom. The van der Waals surface area contributed by atoms with Crippen LogP contribution in [0.15, 0.2) is 67.0 Å². The fourth-order valence-electron chi connectivity index (χ4n) is 5.45. The first-order chi connectivity index (χ1) is 18.5. The van der Waals surface area contributed by atoms with Gasteiger partial charge in [0.05, 0.1) is 19.4 Å². The Labute approximate surface area is 224 Å². The van der Waals surface area contributed by atoms with Crippen LogP contribution in [0.2, 0.25) is 0 Å². The van der Waals surface area contributed by atoms with Crippen molar-refractivity contribution >= 4 is 17.6 Å². The van der Waals surface area contributed by atoms with Crippen molar-refractivity contribution in [2.45, 2.75) is 26.0 Å². The first-order valence-corrected chi connectivity index (χ1v) is 13.4. The number of benzene rings is 2. The van der Waals surface area contributed by atoms with Crippen molar-refractivity contribution < 1.29 is 9.53 Å². The van der Waals surface area contributed by atoms with Gasteiger partial charge in [0, 0.05) is 55.1 Å². The molecule has 2 amide bonds. The molecular weight excluding hydrogens is 478 g/mol. The molecule has 9 heteroatoms. The van der Waals surface area contributed by atoms with E-state index in [0.29, 0.717) is 37.8 Å². The number of rotatable bonds is 10. The molecule has 2 fully saturated rings. The topological polar surface area (TPSA) is 115 Å². The average Bonchev–Trinajstić information content (AvgIpc) is 3.45. The van der Waals surface area contributed by atoms with Crippen molar-refractivity contribution in [2.24, 2.45) is 17.6 Å². The van der Waals surface area contributed by atoms with Crippen LogP contribution in [0.4, 0.5) is 10.5 Å². The van der Waals surface area contributed by atoms with Crippen molar-refractivity contribution in [3.05, 3.63) is 83.7 Å². The molecular formula is C29H37N7O2. The van der Waals surface area contributed by atoms with Crippen molar-refractivity contribution in [2.75, 3.05) is 44.2 Å². The third kappa shape index (κ3) is 6.59. The Hall–Kier alpha value is -3.69. The van der Waals surface area contributed by atoms with E-state index >= 15 is 0 Å². The van der Waals surface area contributed by atoms with Crippen LogP contribution in [0, 0.1) is 17.2 Å². The van der Waals surface area contributed by atoms with Crippen LogP contribution in [0.5, 0.6) is 0 Å². The number of amides is 2. The van der Waals surface area contributed by atoms with Gasteiger partial charge in [0.2, 0.25) is 0 Å². The van der Waals surface area contributed by atoms with Gasteiger partial charge in [-0.05, 0) is 49.5 Å². The molecule has 1 atom stereocenters. The van der Waals surface area contributed by atoms with Crippen molar-refractivity contribution in [1.82, 2.24) is 20.0 Å². The number of nitrogens with two attached hydrogens (primary N) is 1. The fourth-order valence-corrected chi connectivity index (χ4v) is 5.45. The highest BCUT2D eigenvalue weighted by atomic mass is 16.5. The second kappa shape index (κ2) is 12.2. The first-order valence-electron chi connectivity index (χ1n) is 13.4. The highest BCUT2D eigenvalue weighted by Gasteiger charge is 2.35. The third-order valence-electron chi connectivity index (χ3n) is 7.50. The number of H-pyrrole nitrogens is 1. The van der Waals surface area contributed by atoms with Gasteiger partial charge in [0.25, 0.3) is 0 Å². The third-order valence-corrected chi connectivity index (χ3v) is 7.50. The number of nitrogens with one attached hydrogen (secondary N) is 2. The van der Waals surface area contributed by atoms with Gasteiger partial charge in [0.1, 0.15) is 5.84 Å². The van der Waals surface area contributed by atoms with Gasteiger partial charge in [-0.2, -0.15) is 5.10 Å². The van der Waals surface area contributed by atoms with Gasteiger partial charge in [-0.3, -0.25) is 20.3 Å². The van der Waals surface area contributed by atoms with Gasteiger partial charge in [-0.15, -0.1) is 0 Å². The molecule has 38 heavy (non-hydrogen) atoms. The van der Waals surface area contributed by atoms with Gasteiger partial charge in [0.15, 0.2) is 0 Å². The molecule has 2 aliphatic rings. The zero-order valence-electron chi connectivity index (χ0n) is 21.8. The minimum atomic E-state index is -0.00177. The number of carbonyl (C=O) groups excluding carboxylic acids is 1. The molecule has 5 rings (SSSR count). The van der Waals surface area contributed by atoms with Crippen molar-refractivity contribution in [3.8, 4) is 0 Å². The summed E-state index contributed by atoms with van der Waals surface area (Å²) in [5.41, 5.74) is 9.48. The van der Waals surface area contributed by atoms with Gasteiger partial charge in [-0.25, -0.2) is 4.79 Å². The lowest BCUT2D eigenvalue weighted by Gasteiger charge is -2.42. The normalized spacial score (nSPS) is 19.2. The van der Waals surface area contributed by atoms with E-state index in [4.69, 9.17) is 15.9 Å². The minimum absolute atomic E-state index is 0.00177. The van der Waals surface area contributed by atoms with Crippen LogP contribution in [0.25, 0.3) is 0 Å². The van der Waals surface area contributed by atoms with Crippen LogP contribution in [0.3, 0.4) is 0 Å². The van der Waals surface area contributed by atoms with Crippen molar-refractivity contribution in [3.63, 3.8) is 0 Å². The Kier molecular flexibility index (Phi) is 8.35. The zero-order chi connectivity index (χ0) is 26.3. The summed E-state index contributed by atoms with van der Waals surface area (Å²) in [6, 6.07) is 17.6. The van der Waals surface area contributed by atoms with Crippen LogP contribution >= 0.6 is 0 Å². The predicted octanol–water partition coefficient (Wildman–Crippen LogP) is 3.68. The largest absolute Gasteiger partial charge is 0.384 e. The Morgan fingerprint density at radius 1 is 1.05 bits per heavy atom. The number of anilines is 1. The Morgan fingerprint density at radius 3 is 2.61 bits per heavy atom. The summed E-state index contributed by atoms with van der Waals surface area (Å²) in [4.78, 5) is 20.0. The molecule has 200 valence electrons. The quantitative estimate of drug-likeness (QED) is 0.282. The van der Waals surface area contributed by atoms with E-state index in [0.717, 1.165) is 50.3 Å². The number of amidine groups is 1. The standard InChI is InChI=1S/C29H37N7O2/c30-28(31)26-7-4-8-27(13-26)36-19-25(21-38-20-23-5-2-1-3-6-23)18-35(29(36)37)17-22-9-11-34(12-10-22)16-24-14-32-33-15-24/h1-8,13-15,22,25H,9-12,16-21H2,(H3,30,31)(H,32,33). The lowest BCUT2D eigenvalue weighted by Crippen LogP contribution is -2.56.